The smallest absolute Gasteiger partial charge is 0.414 e. The number of carbonyl (C=O) groups is 2. The van der Waals surface area contributed by atoms with Crippen LogP contribution in [0.5, 0.6) is 46.0 Å². The van der Waals surface area contributed by atoms with E-state index in [1.807, 2.05) is 0 Å². The number of rotatable bonds is 10. The van der Waals surface area contributed by atoms with Crippen molar-refractivity contribution in [3.63, 3.8) is 0 Å². The average molecular weight is 679 g/mol. The van der Waals surface area contributed by atoms with Crippen LogP contribution < -0.4 is 29.6 Å². The van der Waals surface area contributed by atoms with Crippen LogP contribution in [0, 0.1) is 0 Å². The third-order valence-electron chi connectivity index (χ3n) is 6.76. The Balaban J connectivity index is 0.000000223. The summed E-state index contributed by atoms with van der Waals surface area (Å²) in [6.45, 7) is 1.79. The van der Waals surface area contributed by atoms with Crippen molar-refractivity contribution in [2.24, 2.45) is 0 Å². The molecule has 5 rings (SSSR count). The molecule has 5 aromatic rings. The second-order valence-corrected chi connectivity index (χ2v) is 9.72. The molecule has 0 atom stereocenters. The van der Waals surface area contributed by atoms with Gasteiger partial charge in [-0.2, -0.15) is 0 Å². The lowest BCUT2D eigenvalue weighted by molar-refractivity contribution is 0.102. The van der Waals surface area contributed by atoms with Gasteiger partial charge < -0.3 is 52.9 Å². The summed E-state index contributed by atoms with van der Waals surface area (Å²) in [5.74, 6) is -1.38. The van der Waals surface area contributed by atoms with Crippen molar-refractivity contribution in [2.45, 2.75) is 6.92 Å². The zero-order chi connectivity index (χ0) is 35.7. The van der Waals surface area contributed by atoms with E-state index in [0.717, 1.165) is 0 Å². The van der Waals surface area contributed by atoms with Crippen LogP contribution in [0.1, 0.15) is 17.3 Å². The van der Waals surface area contributed by atoms with Gasteiger partial charge >= 0.3 is 6.09 Å². The predicted molar refractivity (Wildman–Crippen MR) is 176 cm³/mol. The van der Waals surface area contributed by atoms with Crippen LogP contribution in [-0.2, 0) is 4.74 Å². The van der Waals surface area contributed by atoms with Crippen molar-refractivity contribution in [3.8, 4) is 68.6 Å². The van der Waals surface area contributed by atoms with Gasteiger partial charge in [-0.3, -0.25) is 15.4 Å². The number of carbonyl (C=O) groups excluding carboxylic acids is 2. The van der Waals surface area contributed by atoms with Crippen molar-refractivity contribution < 1.29 is 62.5 Å². The highest BCUT2D eigenvalue weighted by Crippen LogP contribution is 2.48. The molecule has 258 valence electrons. The Bertz CT molecular complexity index is 1920. The number of nitrogens with one attached hydrogen (secondary N) is 2. The number of methoxy groups -OCH3 is 4. The molecule has 0 bridgehead atoms. The Morgan fingerprint density at radius 1 is 0.612 bits per heavy atom. The van der Waals surface area contributed by atoms with E-state index < -0.39 is 35.0 Å². The van der Waals surface area contributed by atoms with Crippen LogP contribution in [0.3, 0.4) is 0 Å². The highest BCUT2D eigenvalue weighted by molar-refractivity contribution is 6.04. The third kappa shape index (κ3) is 7.85. The molecule has 15 nitrogen and oxygen atoms in total. The first kappa shape index (κ1) is 35.2. The zero-order valence-corrected chi connectivity index (χ0v) is 27.0. The molecule has 2 aromatic heterocycles. The number of benzene rings is 3. The Morgan fingerprint density at radius 3 is 1.49 bits per heavy atom. The maximum absolute atomic E-state index is 12.2. The summed E-state index contributed by atoms with van der Waals surface area (Å²) < 4.78 is 36.1. The maximum Gasteiger partial charge on any atom is 0.414 e. The van der Waals surface area contributed by atoms with E-state index in [0.29, 0.717) is 39.7 Å². The average Bonchev–Trinajstić information content (AvgIpc) is 3.56. The largest absolute Gasteiger partial charge is 0.502 e. The van der Waals surface area contributed by atoms with E-state index >= 15 is 0 Å². The number of aromatic hydroxyl groups is 4. The molecule has 0 unspecified atom stereocenters. The quantitative estimate of drug-likeness (QED) is 0.0924. The Labute approximate surface area is 279 Å². The van der Waals surface area contributed by atoms with Crippen molar-refractivity contribution >= 4 is 23.8 Å². The van der Waals surface area contributed by atoms with Crippen LogP contribution in [0.25, 0.3) is 22.6 Å². The van der Waals surface area contributed by atoms with Crippen LogP contribution in [-0.4, -0.2) is 67.5 Å². The summed E-state index contributed by atoms with van der Waals surface area (Å²) in [4.78, 5) is 23.6. The van der Waals surface area contributed by atoms with Crippen LogP contribution in [0.15, 0.2) is 75.6 Å². The molecule has 3 aromatic carbocycles. The molecule has 0 aliphatic rings. The van der Waals surface area contributed by atoms with Gasteiger partial charge in [0.1, 0.15) is 0 Å². The van der Waals surface area contributed by atoms with Gasteiger partial charge in [-0.15, -0.1) is 0 Å². The lowest BCUT2D eigenvalue weighted by atomic mass is 10.1. The molecule has 2 heterocycles. The van der Waals surface area contributed by atoms with Crippen molar-refractivity contribution in [1.29, 1.82) is 0 Å². The van der Waals surface area contributed by atoms with Crippen molar-refractivity contribution in [1.82, 2.24) is 0 Å². The monoisotopic (exact) mass is 678 g/mol. The molecular formula is C34H34N2O13. The van der Waals surface area contributed by atoms with Crippen LogP contribution in [0.4, 0.5) is 16.6 Å². The van der Waals surface area contributed by atoms with Gasteiger partial charge in [-0.25, -0.2) is 4.79 Å². The Morgan fingerprint density at radius 2 is 1.06 bits per heavy atom. The normalized spacial score (nSPS) is 10.3. The lowest BCUT2D eigenvalue weighted by Crippen LogP contribution is -2.12. The molecule has 0 spiro atoms. The first-order valence-corrected chi connectivity index (χ1v) is 14.4. The molecular weight excluding hydrogens is 644 g/mol. The Hall–Kier alpha value is -6.64. The number of amides is 2. The molecule has 0 saturated heterocycles. The van der Waals surface area contributed by atoms with E-state index in [4.69, 9.17) is 27.8 Å². The fourth-order valence-electron chi connectivity index (χ4n) is 4.37. The summed E-state index contributed by atoms with van der Waals surface area (Å²) in [7, 11) is 5.95. The maximum atomic E-state index is 12.2. The highest BCUT2D eigenvalue weighted by atomic mass is 16.6. The minimum absolute atomic E-state index is 0.00758. The molecule has 0 radical (unpaired) electrons. The summed E-state index contributed by atoms with van der Waals surface area (Å²) in [6.07, 6.45) is -0.810. The van der Waals surface area contributed by atoms with E-state index in [9.17, 15) is 30.0 Å². The Kier molecular flexibility index (Phi) is 11.3. The first-order chi connectivity index (χ1) is 23.6. The van der Waals surface area contributed by atoms with Crippen molar-refractivity contribution in [3.05, 3.63) is 72.3 Å². The molecule has 49 heavy (non-hydrogen) atoms. The van der Waals surface area contributed by atoms with Gasteiger partial charge in [0.2, 0.25) is 34.8 Å². The molecule has 0 fully saturated rings. The summed E-state index contributed by atoms with van der Waals surface area (Å²) in [5, 5.41) is 44.8. The summed E-state index contributed by atoms with van der Waals surface area (Å²) in [6, 6.07) is 18.1. The van der Waals surface area contributed by atoms with Gasteiger partial charge in [0.15, 0.2) is 34.5 Å². The van der Waals surface area contributed by atoms with Crippen LogP contribution in [0.2, 0.25) is 0 Å². The number of hydrogen-bond donors (Lipinski definition) is 6. The van der Waals surface area contributed by atoms with Crippen molar-refractivity contribution in [2.75, 3.05) is 45.7 Å². The summed E-state index contributed by atoms with van der Waals surface area (Å²) >= 11 is 0. The predicted octanol–water partition coefficient (Wildman–Crippen LogP) is 6.57. The van der Waals surface area contributed by atoms with Gasteiger partial charge in [-0.1, -0.05) is 18.2 Å². The van der Waals surface area contributed by atoms with Gasteiger partial charge in [0.05, 0.1) is 35.0 Å². The molecule has 6 N–H and O–H groups in total. The minimum atomic E-state index is -0.810. The van der Waals surface area contributed by atoms with Gasteiger partial charge in [0.25, 0.3) is 5.91 Å². The molecule has 2 amide bonds. The lowest BCUT2D eigenvalue weighted by Gasteiger charge is -2.08. The standard InChI is InChI=1S/C19H17NO6.C15H17NO7/c1-24-13-9-8-12(10-14(13)25-2)17-15(21)16(22)19(26-17)20-18(23)11-6-4-3-5-7-11;1-4-22-15(19)16-14-12(18)11(17)13(23-14)8-5-6-9(20-2)10(7-8)21-3/h3-10,21-22H,1-2H3,(H,20,23);5-7,17-18H,4H2,1-3H3,(H,16,19). The SMILES string of the molecule is CCOC(=O)Nc1oc(-c2ccc(OC)c(OC)c2)c(O)c1O.COc1ccc(-c2oc(NC(=O)c3ccccc3)c(O)c2O)cc1OC. The molecule has 0 aliphatic heterocycles. The van der Waals surface area contributed by atoms with Crippen LogP contribution >= 0.6 is 0 Å². The fraction of sp³-hybridized carbons (Fsp3) is 0.176. The van der Waals surface area contributed by atoms with E-state index in [2.05, 4.69) is 15.4 Å². The number of anilines is 2. The molecule has 0 saturated carbocycles. The van der Waals surface area contributed by atoms with Gasteiger partial charge in [-0.05, 0) is 55.5 Å². The number of hydrogen-bond acceptors (Lipinski definition) is 13. The number of furan rings is 2. The van der Waals surface area contributed by atoms with Gasteiger partial charge in [0, 0.05) is 16.7 Å². The number of ether oxygens (including phenoxy) is 5. The second-order valence-electron chi connectivity index (χ2n) is 9.72. The highest BCUT2D eigenvalue weighted by Gasteiger charge is 2.25. The fourth-order valence-corrected chi connectivity index (χ4v) is 4.37. The van der Waals surface area contributed by atoms with E-state index in [1.165, 1.54) is 28.4 Å². The summed E-state index contributed by atoms with van der Waals surface area (Å²) in [5.41, 5.74) is 1.25. The van der Waals surface area contributed by atoms with E-state index in [1.54, 1.807) is 73.7 Å². The molecule has 15 heteroatoms. The van der Waals surface area contributed by atoms with E-state index in [-0.39, 0.29) is 29.9 Å². The second kappa shape index (κ2) is 15.8. The third-order valence-corrected chi connectivity index (χ3v) is 6.76. The minimum Gasteiger partial charge on any atom is -0.502 e. The first-order valence-electron chi connectivity index (χ1n) is 14.4. The topological polar surface area (TPSA) is 212 Å². The molecule has 0 aliphatic carbocycles. The zero-order valence-electron chi connectivity index (χ0n) is 27.0.